The number of anilines is 1. The molecule has 0 aliphatic carbocycles. The first kappa shape index (κ1) is 13.7. The molecule has 0 saturated carbocycles. The van der Waals surface area contributed by atoms with E-state index in [9.17, 15) is 0 Å². The van der Waals surface area contributed by atoms with Crippen LogP contribution in [0.1, 0.15) is 5.82 Å². The lowest BCUT2D eigenvalue weighted by molar-refractivity contribution is 0.200. The summed E-state index contributed by atoms with van der Waals surface area (Å²) in [5.74, 6) is 2.05. The molecule has 2 N–H and O–H groups in total. The Hall–Kier alpha value is -1.40. The van der Waals surface area contributed by atoms with Crippen LogP contribution in [0.25, 0.3) is 0 Å². The number of methoxy groups -OCH3 is 2. The summed E-state index contributed by atoms with van der Waals surface area (Å²) in [4.78, 5) is 8.38. The fraction of sp³-hybridized carbons (Fsp3) is 0.636. The standard InChI is InChI=1S/C11H20N4O2/c1-9-14-10(8-11(15-9)17-3)13-5-4-12-6-7-16-2/h8,12H,4-7H2,1-3H3,(H,13,14,15). The predicted molar refractivity (Wildman–Crippen MR) is 66.6 cm³/mol. The molecule has 0 saturated heterocycles. The number of nitrogens with zero attached hydrogens (tertiary/aromatic N) is 2. The average molecular weight is 240 g/mol. The zero-order chi connectivity index (χ0) is 12.5. The van der Waals surface area contributed by atoms with Gasteiger partial charge in [0.15, 0.2) is 0 Å². The largest absolute Gasteiger partial charge is 0.481 e. The third kappa shape index (κ3) is 5.46. The van der Waals surface area contributed by atoms with Gasteiger partial charge in [0.25, 0.3) is 0 Å². The Bertz CT molecular complexity index is 333. The number of aryl methyl sites for hydroxylation is 1. The minimum absolute atomic E-state index is 0.576. The number of hydrogen-bond acceptors (Lipinski definition) is 6. The molecule has 6 nitrogen and oxygen atoms in total. The molecule has 96 valence electrons. The van der Waals surface area contributed by atoms with Gasteiger partial charge in [-0.25, -0.2) is 4.98 Å². The molecule has 0 spiro atoms. The Kier molecular flexibility index (Phi) is 6.27. The van der Waals surface area contributed by atoms with Crippen molar-refractivity contribution < 1.29 is 9.47 Å². The second-order valence-corrected chi connectivity index (χ2v) is 3.51. The van der Waals surface area contributed by atoms with Gasteiger partial charge in [-0.3, -0.25) is 0 Å². The number of hydrogen-bond donors (Lipinski definition) is 2. The summed E-state index contributed by atoms with van der Waals surface area (Å²) in [7, 11) is 3.29. The second kappa shape index (κ2) is 7.81. The number of aromatic nitrogens is 2. The van der Waals surface area contributed by atoms with Crippen molar-refractivity contribution in [3.8, 4) is 5.88 Å². The number of nitrogens with one attached hydrogen (secondary N) is 2. The Balaban J connectivity index is 2.28. The molecule has 0 atom stereocenters. The minimum Gasteiger partial charge on any atom is -0.481 e. The summed E-state index contributed by atoms with van der Waals surface area (Å²) in [6.07, 6.45) is 0. The molecular formula is C11H20N4O2. The van der Waals surface area contributed by atoms with Crippen LogP contribution in [0.3, 0.4) is 0 Å². The molecule has 0 fully saturated rings. The fourth-order valence-electron chi connectivity index (χ4n) is 1.31. The van der Waals surface area contributed by atoms with E-state index in [-0.39, 0.29) is 0 Å². The molecule has 1 heterocycles. The van der Waals surface area contributed by atoms with E-state index in [2.05, 4.69) is 20.6 Å². The molecule has 6 heteroatoms. The van der Waals surface area contributed by atoms with Crippen molar-refractivity contribution >= 4 is 5.82 Å². The van der Waals surface area contributed by atoms with Crippen molar-refractivity contribution in [1.82, 2.24) is 15.3 Å². The maximum absolute atomic E-state index is 5.07. The van der Waals surface area contributed by atoms with Crippen molar-refractivity contribution in [3.63, 3.8) is 0 Å². The Morgan fingerprint density at radius 3 is 2.71 bits per heavy atom. The third-order valence-corrected chi connectivity index (χ3v) is 2.11. The highest BCUT2D eigenvalue weighted by Gasteiger charge is 2.00. The van der Waals surface area contributed by atoms with Gasteiger partial charge in [0, 0.05) is 32.8 Å². The van der Waals surface area contributed by atoms with Gasteiger partial charge in [0.2, 0.25) is 5.88 Å². The predicted octanol–water partition coefficient (Wildman–Crippen LogP) is 0.442. The van der Waals surface area contributed by atoms with E-state index < -0.39 is 0 Å². The quantitative estimate of drug-likeness (QED) is 0.643. The first-order valence-corrected chi connectivity index (χ1v) is 5.59. The average Bonchev–Trinajstić information content (AvgIpc) is 2.33. The van der Waals surface area contributed by atoms with Gasteiger partial charge >= 0.3 is 0 Å². The topological polar surface area (TPSA) is 68.3 Å². The van der Waals surface area contributed by atoms with Crippen molar-refractivity contribution in [1.29, 1.82) is 0 Å². The van der Waals surface area contributed by atoms with Crippen LogP contribution in [0, 0.1) is 6.92 Å². The molecule has 17 heavy (non-hydrogen) atoms. The summed E-state index contributed by atoms with van der Waals surface area (Å²) in [5, 5.41) is 6.44. The molecule has 0 bridgehead atoms. The van der Waals surface area contributed by atoms with Crippen molar-refractivity contribution in [3.05, 3.63) is 11.9 Å². The monoisotopic (exact) mass is 240 g/mol. The number of rotatable bonds is 8. The molecule has 1 rings (SSSR count). The van der Waals surface area contributed by atoms with Gasteiger partial charge in [0.05, 0.1) is 13.7 Å². The molecule has 0 radical (unpaired) electrons. The molecule has 0 aliphatic rings. The van der Waals surface area contributed by atoms with Crippen LogP contribution in [0.4, 0.5) is 5.82 Å². The van der Waals surface area contributed by atoms with Gasteiger partial charge in [0.1, 0.15) is 11.6 Å². The van der Waals surface area contributed by atoms with E-state index >= 15 is 0 Å². The highest BCUT2D eigenvalue weighted by molar-refractivity contribution is 5.38. The van der Waals surface area contributed by atoms with Crippen LogP contribution >= 0.6 is 0 Å². The van der Waals surface area contributed by atoms with Crippen LogP contribution in [0.5, 0.6) is 5.88 Å². The lowest BCUT2D eigenvalue weighted by Crippen LogP contribution is -2.25. The first-order valence-electron chi connectivity index (χ1n) is 5.59. The molecule has 0 unspecified atom stereocenters. The summed E-state index contributed by atoms with van der Waals surface area (Å²) >= 11 is 0. The summed E-state index contributed by atoms with van der Waals surface area (Å²) in [5.41, 5.74) is 0. The second-order valence-electron chi connectivity index (χ2n) is 3.51. The van der Waals surface area contributed by atoms with Crippen LogP contribution in [0.15, 0.2) is 6.07 Å². The van der Waals surface area contributed by atoms with E-state index in [1.54, 1.807) is 20.3 Å². The molecule has 0 amide bonds. The highest BCUT2D eigenvalue weighted by atomic mass is 16.5. The van der Waals surface area contributed by atoms with Crippen LogP contribution in [-0.2, 0) is 4.74 Å². The van der Waals surface area contributed by atoms with Crippen LogP contribution < -0.4 is 15.4 Å². The normalized spacial score (nSPS) is 10.3. The molecular weight excluding hydrogens is 220 g/mol. The summed E-state index contributed by atoms with van der Waals surface area (Å²) in [6.45, 7) is 5.06. The SMILES string of the molecule is COCCNCCNc1cc(OC)nc(C)n1. The van der Waals surface area contributed by atoms with Gasteiger partial charge in [-0.1, -0.05) is 0 Å². The van der Waals surface area contributed by atoms with Crippen LogP contribution in [0.2, 0.25) is 0 Å². The van der Waals surface area contributed by atoms with E-state index in [1.165, 1.54) is 0 Å². The Labute approximate surface area is 102 Å². The zero-order valence-electron chi connectivity index (χ0n) is 10.6. The van der Waals surface area contributed by atoms with Crippen molar-refractivity contribution in [2.24, 2.45) is 0 Å². The van der Waals surface area contributed by atoms with E-state index in [0.717, 1.165) is 32.1 Å². The Morgan fingerprint density at radius 1 is 1.18 bits per heavy atom. The van der Waals surface area contributed by atoms with Gasteiger partial charge in [-0.15, -0.1) is 0 Å². The van der Waals surface area contributed by atoms with Gasteiger partial charge in [-0.05, 0) is 6.92 Å². The van der Waals surface area contributed by atoms with Crippen molar-refractivity contribution in [2.75, 3.05) is 45.8 Å². The van der Waals surface area contributed by atoms with Crippen molar-refractivity contribution in [2.45, 2.75) is 6.92 Å². The zero-order valence-corrected chi connectivity index (χ0v) is 10.6. The lowest BCUT2D eigenvalue weighted by atomic mass is 10.5. The third-order valence-electron chi connectivity index (χ3n) is 2.11. The molecule has 0 aliphatic heterocycles. The van der Waals surface area contributed by atoms with Gasteiger partial charge in [-0.2, -0.15) is 4.98 Å². The van der Waals surface area contributed by atoms with E-state index in [4.69, 9.17) is 9.47 Å². The smallest absolute Gasteiger partial charge is 0.218 e. The van der Waals surface area contributed by atoms with E-state index in [0.29, 0.717) is 11.7 Å². The van der Waals surface area contributed by atoms with E-state index in [1.807, 2.05) is 6.92 Å². The maximum atomic E-state index is 5.07. The minimum atomic E-state index is 0.576. The molecule has 1 aromatic heterocycles. The van der Waals surface area contributed by atoms with Crippen LogP contribution in [-0.4, -0.2) is 50.4 Å². The lowest BCUT2D eigenvalue weighted by Gasteiger charge is -2.08. The maximum Gasteiger partial charge on any atom is 0.218 e. The first-order chi connectivity index (χ1) is 8.26. The van der Waals surface area contributed by atoms with Gasteiger partial charge < -0.3 is 20.1 Å². The molecule has 1 aromatic rings. The number of ether oxygens (including phenoxy) is 2. The Morgan fingerprint density at radius 2 is 2.00 bits per heavy atom. The summed E-state index contributed by atoms with van der Waals surface area (Å²) < 4.78 is 10.0. The fourth-order valence-corrected chi connectivity index (χ4v) is 1.31. The highest BCUT2D eigenvalue weighted by Crippen LogP contribution is 2.11. The molecule has 0 aromatic carbocycles. The summed E-state index contributed by atoms with van der Waals surface area (Å²) in [6, 6.07) is 1.78.